The van der Waals surface area contributed by atoms with Gasteiger partial charge in [-0.3, -0.25) is 9.69 Å². The summed E-state index contributed by atoms with van der Waals surface area (Å²) in [7, 11) is 1.66. The molecule has 2 aromatic carbocycles. The molecule has 1 aliphatic rings. The van der Waals surface area contributed by atoms with Gasteiger partial charge in [0.1, 0.15) is 5.75 Å². The number of carbonyl (C=O) groups excluding carboxylic acids is 2. The number of thiazole rings is 1. The first-order valence-corrected chi connectivity index (χ1v) is 12.1. The fourth-order valence-corrected chi connectivity index (χ4v) is 4.62. The Morgan fingerprint density at radius 2 is 1.85 bits per heavy atom. The molecule has 34 heavy (non-hydrogen) atoms. The van der Waals surface area contributed by atoms with Gasteiger partial charge in [-0.05, 0) is 43.3 Å². The van der Waals surface area contributed by atoms with E-state index in [2.05, 4.69) is 20.5 Å². The number of ether oxygens (including phenoxy) is 2. The molecular weight excluding hydrogens is 452 g/mol. The zero-order valence-corrected chi connectivity index (χ0v) is 20.1. The monoisotopic (exact) mass is 480 g/mol. The summed E-state index contributed by atoms with van der Waals surface area (Å²) in [6.07, 6.45) is 0. The number of hydrogen-bond acceptors (Lipinski definition) is 8. The van der Waals surface area contributed by atoms with Gasteiger partial charge in [0.05, 0.1) is 31.5 Å². The van der Waals surface area contributed by atoms with E-state index >= 15 is 0 Å². The van der Waals surface area contributed by atoms with Crippen LogP contribution in [0.25, 0.3) is 11.3 Å². The van der Waals surface area contributed by atoms with Crippen molar-refractivity contribution in [3.63, 3.8) is 0 Å². The lowest BCUT2D eigenvalue weighted by atomic mass is 10.2. The number of esters is 1. The van der Waals surface area contributed by atoms with E-state index in [4.69, 9.17) is 14.5 Å². The van der Waals surface area contributed by atoms with E-state index in [1.54, 1.807) is 49.6 Å². The maximum atomic E-state index is 12.5. The van der Waals surface area contributed by atoms with Gasteiger partial charge in [0.25, 0.3) is 0 Å². The number of nitrogens with one attached hydrogen (secondary N) is 1. The van der Waals surface area contributed by atoms with Crippen molar-refractivity contribution in [1.82, 2.24) is 9.88 Å². The number of nitrogens with zero attached hydrogens (tertiary/aromatic N) is 3. The Morgan fingerprint density at radius 3 is 2.56 bits per heavy atom. The maximum absolute atomic E-state index is 12.5. The predicted molar refractivity (Wildman–Crippen MR) is 134 cm³/mol. The molecule has 0 aliphatic carbocycles. The lowest BCUT2D eigenvalue weighted by Crippen LogP contribution is -2.48. The van der Waals surface area contributed by atoms with Gasteiger partial charge in [0, 0.05) is 42.8 Å². The van der Waals surface area contributed by atoms with Crippen molar-refractivity contribution in [2.45, 2.75) is 6.92 Å². The summed E-state index contributed by atoms with van der Waals surface area (Å²) in [6, 6.07) is 14.6. The molecule has 0 saturated carbocycles. The number of amides is 1. The Kier molecular flexibility index (Phi) is 7.76. The van der Waals surface area contributed by atoms with Crippen LogP contribution in [-0.4, -0.2) is 68.2 Å². The highest BCUT2D eigenvalue weighted by Gasteiger charge is 2.21. The number of anilines is 2. The Morgan fingerprint density at radius 1 is 1.09 bits per heavy atom. The number of piperazine rings is 1. The van der Waals surface area contributed by atoms with Crippen LogP contribution in [-0.2, 0) is 9.53 Å². The van der Waals surface area contributed by atoms with Crippen molar-refractivity contribution in [2.24, 2.45) is 0 Å². The molecule has 1 fully saturated rings. The summed E-state index contributed by atoms with van der Waals surface area (Å²) in [5.41, 5.74) is 3.10. The van der Waals surface area contributed by atoms with Crippen molar-refractivity contribution in [2.75, 3.05) is 56.7 Å². The van der Waals surface area contributed by atoms with E-state index < -0.39 is 0 Å². The zero-order chi connectivity index (χ0) is 23.9. The third-order valence-electron chi connectivity index (χ3n) is 5.55. The minimum absolute atomic E-state index is 0.0769. The van der Waals surface area contributed by atoms with Crippen LogP contribution < -0.4 is 15.0 Å². The highest BCUT2D eigenvalue weighted by atomic mass is 32.1. The summed E-state index contributed by atoms with van der Waals surface area (Å²) in [6.45, 7) is 5.60. The molecule has 8 nitrogen and oxygen atoms in total. The summed E-state index contributed by atoms with van der Waals surface area (Å²) in [4.78, 5) is 33.4. The number of benzene rings is 2. The van der Waals surface area contributed by atoms with Crippen molar-refractivity contribution < 1.29 is 19.1 Å². The van der Waals surface area contributed by atoms with Gasteiger partial charge >= 0.3 is 5.97 Å². The van der Waals surface area contributed by atoms with Crippen LogP contribution in [0.1, 0.15) is 17.3 Å². The van der Waals surface area contributed by atoms with Gasteiger partial charge < -0.3 is 19.7 Å². The van der Waals surface area contributed by atoms with E-state index in [0.29, 0.717) is 24.4 Å². The van der Waals surface area contributed by atoms with Crippen molar-refractivity contribution in [3.8, 4) is 17.0 Å². The second-order valence-corrected chi connectivity index (χ2v) is 8.69. The molecule has 1 aromatic heterocycles. The van der Waals surface area contributed by atoms with Gasteiger partial charge in [-0.25, -0.2) is 9.78 Å². The zero-order valence-electron chi connectivity index (χ0n) is 19.3. The van der Waals surface area contributed by atoms with E-state index in [-0.39, 0.29) is 11.9 Å². The molecule has 1 N–H and O–H groups in total. The first-order valence-electron chi connectivity index (χ1n) is 11.2. The minimum atomic E-state index is -0.367. The molecule has 0 spiro atoms. The molecule has 0 radical (unpaired) electrons. The molecular formula is C25H28N4O4S. The topological polar surface area (TPSA) is 84.0 Å². The average Bonchev–Trinajstić information content (AvgIpc) is 3.35. The molecule has 178 valence electrons. The predicted octanol–water partition coefficient (Wildman–Crippen LogP) is 3.76. The summed E-state index contributed by atoms with van der Waals surface area (Å²) < 4.78 is 10.3. The number of aromatic nitrogens is 1. The van der Waals surface area contributed by atoms with E-state index in [1.165, 1.54) is 0 Å². The third-order valence-corrected chi connectivity index (χ3v) is 6.45. The SMILES string of the molecule is CCOC(=O)c1ccc(NC(=O)CN2CCN(c3nc(-c4cccc(OC)c4)cs3)CC2)cc1. The normalized spacial score (nSPS) is 14.0. The maximum Gasteiger partial charge on any atom is 0.338 e. The standard InChI is InChI=1S/C25H28N4O4S/c1-3-33-24(31)18-7-9-20(10-8-18)26-23(30)16-28-11-13-29(14-12-28)25-27-22(17-34-25)19-5-4-6-21(15-19)32-2/h4-10,15,17H,3,11-14,16H2,1-2H3,(H,26,30). The fraction of sp³-hybridized carbons (Fsp3) is 0.320. The lowest BCUT2D eigenvalue weighted by molar-refractivity contribution is -0.117. The molecule has 1 saturated heterocycles. The molecule has 3 aromatic rings. The van der Waals surface area contributed by atoms with Crippen molar-refractivity contribution >= 4 is 34.0 Å². The van der Waals surface area contributed by atoms with Gasteiger partial charge in [-0.15, -0.1) is 11.3 Å². The van der Waals surface area contributed by atoms with Crippen LogP contribution >= 0.6 is 11.3 Å². The third kappa shape index (κ3) is 5.92. The average molecular weight is 481 g/mol. The van der Waals surface area contributed by atoms with Crippen molar-refractivity contribution in [3.05, 3.63) is 59.5 Å². The van der Waals surface area contributed by atoms with E-state index in [0.717, 1.165) is 48.3 Å². The Hall–Kier alpha value is -3.43. The number of hydrogen-bond donors (Lipinski definition) is 1. The number of rotatable bonds is 8. The second kappa shape index (κ2) is 11.1. The quantitative estimate of drug-likeness (QED) is 0.492. The van der Waals surface area contributed by atoms with Gasteiger partial charge in [-0.1, -0.05) is 12.1 Å². The van der Waals surface area contributed by atoms with Crippen LogP contribution in [0.5, 0.6) is 5.75 Å². The van der Waals surface area contributed by atoms with Crippen LogP contribution in [0.15, 0.2) is 53.9 Å². The summed E-state index contributed by atoms with van der Waals surface area (Å²) in [5, 5.41) is 5.95. The lowest BCUT2D eigenvalue weighted by Gasteiger charge is -2.34. The van der Waals surface area contributed by atoms with Crippen molar-refractivity contribution in [1.29, 1.82) is 0 Å². The Labute approximate surface area is 203 Å². The van der Waals surface area contributed by atoms with Gasteiger partial charge in [-0.2, -0.15) is 0 Å². The fourth-order valence-electron chi connectivity index (χ4n) is 3.73. The summed E-state index contributed by atoms with van der Waals surface area (Å²) >= 11 is 1.63. The van der Waals surface area contributed by atoms with Gasteiger partial charge in [0.2, 0.25) is 5.91 Å². The number of carbonyl (C=O) groups is 2. The Balaban J connectivity index is 1.26. The molecule has 0 bridgehead atoms. The van der Waals surface area contributed by atoms with Crippen LogP contribution in [0.3, 0.4) is 0 Å². The molecule has 9 heteroatoms. The first kappa shape index (κ1) is 23.7. The largest absolute Gasteiger partial charge is 0.497 e. The molecule has 0 atom stereocenters. The van der Waals surface area contributed by atoms with E-state index in [9.17, 15) is 9.59 Å². The highest BCUT2D eigenvalue weighted by molar-refractivity contribution is 7.14. The molecule has 4 rings (SSSR count). The molecule has 0 unspecified atom stereocenters. The first-order chi connectivity index (χ1) is 16.6. The van der Waals surface area contributed by atoms with Crippen LogP contribution in [0.4, 0.5) is 10.8 Å². The smallest absolute Gasteiger partial charge is 0.338 e. The summed E-state index contributed by atoms with van der Waals surface area (Å²) in [5.74, 6) is 0.370. The highest BCUT2D eigenvalue weighted by Crippen LogP contribution is 2.29. The second-order valence-electron chi connectivity index (χ2n) is 7.86. The van der Waals surface area contributed by atoms with E-state index in [1.807, 2.05) is 24.3 Å². The Bertz CT molecular complexity index is 1120. The van der Waals surface area contributed by atoms with Crippen LogP contribution in [0.2, 0.25) is 0 Å². The minimum Gasteiger partial charge on any atom is -0.497 e. The molecule has 1 aliphatic heterocycles. The van der Waals surface area contributed by atoms with Crippen LogP contribution in [0, 0.1) is 0 Å². The molecule has 2 heterocycles. The number of methoxy groups -OCH3 is 1. The van der Waals surface area contributed by atoms with Gasteiger partial charge in [0.15, 0.2) is 5.13 Å². The molecule has 1 amide bonds.